The number of halogens is 1. The predicted molar refractivity (Wildman–Crippen MR) is 105 cm³/mol. The topological polar surface area (TPSA) is 59.0 Å². The van der Waals surface area contributed by atoms with Gasteiger partial charge in [0.05, 0.1) is 12.3 Å². The van der Waals surface area contributed by atoms with Crippen molar-refractivity contribution in [2.24, 2.45) is 16.8 Å². The highest BCUT2D eigenvalue weighted by Crippen LogP contribution is 2.32. The minimum absolute atomic E-state index is 0.0609. The van der Waals surface area contributed by atoms with Crippen molar-refractivity contribution >= 4 is 34.9 Å². The molecule has 0 saturated carbocycles. The van der Waals surface area contributed by atoms with Crippen LogP contribution in [0.25, 0.3) is 0 Å². The third-order valence-electron chi connectivity index (χ3n) is 4.64. The second kappa shape index (κ2) is 8.67. The quantitative estimate of drug-likeness (QED) is 0.700. The number of hydrogen-bond acceptors (Lipinski definition) is 4. The summed E-state index contributed by atoms with van der Waals surface area (Å²) in [6.45, 7) is 10.0. The van der Waals surface area contributed by atoms with Crippen molar-refractivity contribution in [3.8, 4) is 0 Å². The number of carbonyl (C=O) groups is 2. The molecule has 1 amide bonds. The minimum Gasteiger partial charge on any atom is -0.465 e. The summed E-state index contributed by atoms with van der Waals surface area (Å²) in [5, 5.41) is 0.572. The Labute approximate surface area is 160 Å². The number of aliphatic imine (C=N–C) groups is 1. The average Bonchev–Trinajstić information content (AvgIpc) is 2.70. The van der Waals surface area contributed by atoms with E-state index in [0.717, 1.165) is 17.7 Å². The second-order valence-corrected chi connectivity index (χ2v) is 7.33. The summed E-state index contributed by atoms with van der Waals surface area (Å²) in [6.07, 6.45) is 0.815. The van der Waals surface area contributed by atoms with Gasteiger partial charge in [-0.05, 0) is 37.0 Å². The van der Waals surface area contributed by atoms with Gasteiger partial charge < -0.3 is 4.74 Å². The van der Waals surface area contributed by atoms with E-state index in [4.69, 9.17) is 21.3 Å². The Morgan fingerprint density at radius 2 is 2.00 bits per heavy atom. The third kappa shape index (κ3) is 4.26. The standard InChI is InChI=1S/C20H27ClN2O3/c1-6-13(5)19-20(25)23(11-17(24)26-7-2)16-9-8-14(21)10-15(16)18(22-19)12(3)4/h8-10,12-13,19H,6-7,11H2,1-5H3/t13?,19-/m0/s1. The number of amides is 1. The lowest BCUT2D eigenvalue weighted by Gasteiger charge is -2.26. The van der Waals surface area contributed by atoms with Crippen LogP contribution in [0.3, 0.4) is 0 Å². The normalized spacial score (nSPS) is 18.3. The van der Waals surface area contributed by atoms with Gasteiger partial charge in [0.2, 0.25) is 0 Å². The Morgan fingerprint density at radius 3 is 2.58 bits per heavy atom. The first-order valence-corrected chi connectivity index (χ1v) is 9.52. The van der Waals surface area contributed by atoms with Crippen LogP contribution in [0.5, 0.6) is 0 Å². The van der Waals surface area contributed by atoms with E-state index in [1.165, 1.54) is 4.90 Å². The Bertz CT molecular complexity index is 715. The van der Waals surface area contributed by atoms with E-state index < -0.39 is 12.0 Å². The zero-order valence-electron chi connectivity index (χ0n) is 16.1. The molecule has 0 bridgehead atoms. The van der Waals surface area contributed by atoms with Gasteiger partial charge in [-0.25, -0.2) is 0 Å². The molecule has 1 aromatic rings. The van der Waals surface area contributed by atoms with Gasteiger partial charge >= 0.3 is 5.97 Å². The maximum atomic E-state index is 13.3. The molecule has 6 heteroatoms. The Balaban J connectivity index is 2.62. The van der Waals surface area contributed by atoms with Crippen molar-refractivity contribution in [1.29, 1.82) is 0 Å². The summed E-state index contributed by atoms with van der Waals surface area (Å²) in [5.74, 6) is -0.427. The molecule has 2 atom stereocenters. The summed E-state index contributed by atoms with van der Waals surface area (Å²) < 4.78 is 5.07. The van der Waals surface area contributed by atoms with Gasteiger partial charge in [-0.15, -0.1) is 0 Å². The smallest absolute Gasteiger partial charge is 0.326 e. The lowest BCUT2D eigenvalue weighted by Crippen LogP contribution is -2.43. The zero-order chi connectivity index (χ0) is 19.4. The van der Waals surface area contributed by atoms with E-state index in [2.05, 4.69) is 0 Å². The molecule has 5 nitrogen and oxygen atoms in total. The molecule has 0 aromatic heterocycles. The van der Waals surface area contributed by atoms with Gasteiger partial charge in [0.1, 0.15) is 12.6 Å². The molecule has 26 heavy (non-hydrogen) atoms. The number of ether oxygens (including phenoxy) is 1. The van der Waals surface area contributed by atoms with Gasteiger partial charge in [0.25, 0.3) is 5.91 Å². The summed E-state index contributed by atoms with van der Waals surface area (Å²) in [7, 11) is 0. The van der Waals surface area contributed by atoms with Crippen LogP contribution in [-0.4, -0.2) is 36.8 Å². The van der Waals surface area contributed by atoms with Gasteiger partial charge in [0, 0.05) is 16.3 Å². The average molecular weight is 379 g/mol. The monoisotopic (exact) mass is 378 g/mol. The predicted octanol–water partition coefficient (Wildman–Crippen LogP) is 4.11. The number of fused-ring (bicyclic) bond motifs is 1. The van der Waals surface area contributed by atoms with E-state index in [9.17, 15) is 9.59 Å². The number of esters is 1. The number of benzene rings is 1. The zero-order valence-corrected chi connectivity index (χ0v) is 16.8. The van der Waals surface area contributed by atoms with Gasteiger partial charge in [0.15, 0.2) is 0 Å². The van der Waals surface area contributed by atoms with Crippen LogP contribution < -0.4 is 4.90 Å². The minimum atomic E-state index is -0.530. The first-order chi connectivity index (χ1) is 12.3. The molecule has 0 radical (unpaired) electrons. The molecule has 0 N–H and O–H groups in total. The number of rotatable bonds is 6. The Kier molecular flexibility index (Phi) is 6.81. The van der Waals surface area contributed by atoms with Gasteiger partial charge in [-0.2, -0.15) is 0 Å². The Hall–Kier alpha value is -1.88. The molecule has 2 rings (SSSR count). The fourth-order valence-electron chi connectivity index (χ4n) is 3.05. The van der Waals surface area contributed by atoms with Crippen LogP contribution in [0, 0.1) is 11.8 Å². The van der Waals surface area contributed by atoms with Crippen molar-refractivity contribution in [2.75, 3.05) is 18.1 Å². The first-order valence-electron chi connectivity index (χ1n) is 9.14. The molecule has 1 aliphatic heterocycles. The molecule has 0 spiro atoms. The van der Waals surface area contributed by atoms with Gasteiger partial charge in [-0.1, -0.05) is 45.7 Å². The van der Waals surface area contributed by atoms with Crippen molar-refractivity contribution in [1.82, 2.24) is 0 Å². The van der Waals surface area contributed by atoms with Crippen molar-refractivity contribution in [2.45, 2.75) is 47.1 Å². The van der Waals surface area contributed by atoms with Gasteiger partial charge in [-0.3, -0.25) is 19.5 Å². The molecule has 1 aliphatic rings. The van der Waals surface area contributed by atoms with Crippen LogP contribution in [-0.2, 0) is 14.3 Å². The SMILES string of the molecule is CCOC(=O)CN1C(=O)[C@H](C(C)CC)N=C(C(C)C)c2cc(Cl)ccc21. The van der Waals surface area contributed by atoms with Crippen molar-refractivity contribution in [3.63, 3.8) is 0 Å². The molecule has 1 heterocycles. The van der Waals surface area contributed by atoms with Crippen LogP contribution in [0.1, 0.15) is 46.6 Å². The van der Waals surface area contributed by atoms with Crippen LogP contribution in [0.2, 0.25) is 5.02 Å². The maximum Gasteiger partial charge on any atom is 0.326 e. The summed E-state index contributed by atoms with van der Waals surface area (Å²) in [4.78, 5) is 31.7. The summed E-state index contributed by atoms with van der Waals surface area (Å²) in [5.41, 5.74) is 2.30. The van der Waals surface area contributed by atoms with Crippen LogP contribution >= 0.6 is 11.6 Å². The number of benzodiazepines with no additional fused rings is 1. The lowest BCUT2D eigenvalue weighted by atomic mass is 9.96. The largest absolute Gasteiger partial charge is 0.465 e. The van der Waals surface area contributed by atoms with E-state index in [0.29, 0.717) is 10.7 Å². The molecule has 0 fully saturated rings. The molecular formula is C20H27ClN2O3. The summed E-state index contributed by atoms with van der Waals surface area (Å²) >= 11 is 6.22. The fourth-order valence-corrected chi connectivity index (χ4v) is 3.23. The molecule has 0 aliphatic carbocycles. The number of anilines is 1. The number of hydrogen-bond donors (Lipinski definition) is 0. The molecular weight excluding hydrogens is 352 g/mol. The molecule has 0 saturated heterocycles. The van der Waals surface area contributed by atoms with Crippen LogP contribution in [0.4, 0.5) is 5.69 Å². The highest BCUT2D eigenvalue weighted by molar-refractivity contribution is 6.31. The van der Waals surface area contributed by atoms with E-state index >= 15 is 0 Å². The van der Waals surface area contributed by atoms with E-state index in [1.54, 1.807) is 19.1 Å². The van der Waals surface area contributed by atoms with Crippen molar-refractivity contribution in [3.05, 3.63) is 28.8 Å². The lowest BCUT2D eigenvalue weighted by molar-refractivity contribution is -0.142. The third-order valence-corrected chi connectivity index (χ3v) is 4.88. The number of carbonyl (C=O) groups excluding carboxylic acids is 2. The molecule has 1 unspecified atom stereocenters. The molecule has 142 valence electrons. The first kappa shape index (κ1) is 20.4. The van der Waals surface area contributed by atoms with E-state index in [-0.39, 0.29) is 30.9 Å². The number of nitrogens with zero attached hydrogens (tertiary/aromatic N) is 2. The second-order valence-electron chi connectivity index (χ2n) is 6.89. The maximum absolute atomic E-state index is 13.3. The Morgan fingerprint density at radius 1 is 1.31 bits per heavy atom. The van der Waals surface area contributed by atoms with Crippen molar-refractivity contribution < 1.29 is 14.3 Å². The fraction of sp³-hybridized carbons (Fsp3) is 0.550. The summed E-state index contributed by atoms with van der Waals surface area (Å²) in [6, 6.07) is 4.80. The molecule has 1 aromatic carbocycles. The highest BCUT2D eigenvalue weighted by Gasteiger charge is 2.36. The van der Waals surface area contributed by atoms with E-state index in [1.807, 2.05) is 33.8 Å². The van der Waals surface area contributed by atoms with Crippen LogP contribution in [0.15, 0.2) is 23.2 Å². The highest BCUT2D eigenvalue weighted by atomic mass is 35.5.